The van der Waals surface area contributed by atoms with E-state index in [1.807, 2.05) is 46.9 Å². The molecule has 0 spiro atoms. The summed E-state index contributed by atoms with van der Waals surface area (Å²) in [6.07, 6.45) is 3.48. The number of likely N-dealkylation sites (tertiary alicyclic amines) is 1. The van der Waals surface area contributed by atoms with E-state index in [0.717, 1.165) is 48.9 Å². The number of amides is 1. The van der Waals surface area contributed by atoms with Crippen molar-refractivity contribution in [1.82, 2.24) is 19.6 Å². The fourth-order valence-corrected chi connectivity index (χ4v) is 4.99. The van der Waals surface area contributed by atoms with Crippen LogP contribution in [0, 0.1) is 5.92 Å². The number of hydrogen-bond donors (Lipinski definition) is 1. The largest absolute Gasteiger partial charge is 0.386 e. The summed E-state index contributed by atoms with van der Waals surface area (Å²) >= 11 is 6.24. The van der Waals surface area contributed by atoms with Crippen molar-refractivity contribution in [1.29, 1.82) is 0 Å². The summed E-state index contributed by atoms with van der Waals surface area (Å²) in [6, 6.07) is 3.76. The van der Waals surface area contributed by atoms with Gasteiger partial charge in [0.15, 0.2) is 0 Å². The zero-order valence-electron chi connectivity index (χ0n) is 16.2. The number of aromatic nitrogens is 2. The summed E-state index contributed by atoms with van der Waals surface area (Å²) in [5.74, 6) is 0.468. The standard InChI is InChI=1S/C20H27ClN4O2/c1-20(14-4-8-24(9-5-14)17(26)6-7-23(2)3)19(27)16-11-15(21)10-13-12-22-25(20)18(13)16/h10-12,14,19,27H,4-9H2,1-3H3. The molecule has 2 aromatic rings. The smallest absolute Gasteiger partial charge is 0.223 e. The molecule has 7 heteroatoms. The summed E-state index contributed by atoms with van der Waals surface area (Å²) in [5.41, 5.74) is 1.34. The van der Waals surface area contributed by atoms with E-state index < -0.39 is 11.6 Å². The number of piperidine rings is 1. The van der Waals surface area contributed by atoms with Crippen molar-refractivity contribution in [2.24, 2.45) is 5.92 Å². The van der Waals surface area contributed by atoms with Crippen LogP contribution in [0.1, 0.15) is 37.9 Å². The Morgan fingerprint density at radius 2 is 2.07 bits per heavy atom. The fourth-order valence-electron chi connectivity index (χ4n) is 4.75. The summed E-state index contributed by atoms with van der Waals surface area (Å²) in [5, 5.41) is 17.4. The van der Waals surface area contributed by atoms with Crippen molar-refractivity contribution in [3.8, 4) is 0 Å². The summed E-state index contributed by atoms with van der Waals surface area (Å²) in [4.78, 5) is 16.4. The Balaban J connectivity index is 1.52. The van der Waals surface area contributed by atoms with Crippen LogP contribution in [-0.4, -0.2) is 64.3 Å². The lowest BCUT2D eigenvalue weighted by Gasteiger charge is -2.43. The van der Waals surface area contributed by atoms with Crippen molar-refractivity contribution in [3.63, 3.8) is 0 Å². The van der Waals surface area contributed by atoms with Crippen molar-refractivity contribution in [3.05, 3.63) is 28.9 Å². The normalized spacial score (nSPS) is 25.7. The van der Waals surface area contributed by atoms with Crippen molar-refractivity contribution in [2.45, 2.75) is 37.8 Å². The number of aliphatic hydroxyl groups is 1. The first-order valence-corrected chi connectivity index (χ1v) is 9.98. The first kappa shape index (κ1) is 18.7. The van der Waals surface area contributed by atoms with Gasteiger partial charge in [-0.2, -0.15) is 5.10 Å². The van der Waals surface area contributed by atoms with E-state index in [4.69, 9.17) is 11.6 Å². The van der Waals surface area contributed by atoms with E-state index in [1.54, 1.807) is 0 Å². The van der Waals surface area contributed by atoms with E-state index in [-0.39, 0.29) is 11.8 Å². The van der Waals surface area contributed by atoms with Crippen LogP contribution < -0.4 is 0 Å². The molecule has 1 fully saturated rings. The second-order valence-electron chi connectivity index (χ2n) is 8.33. The molecule has 146 valence electrons. The highest BCUT2D eigenvalue weighted by atomic mass is 35.5. The lowest BCUT2D eigenvalue weighted by Crippen LogP contribution is -2.48. The number of aliphatic hydroxyl groups excluding tert-OH is 1. The van der Waals surface area contributed by atoms with Gasteiger partial charge in [0, 0.05) is 42.0 Å². The molecule has 0 bridgehead atoms. The van der Waals surface area contributed by atoms with Crippen LogP contribution in [0.15, 0.2) is 18.3 Å². The van der Waals surface area contributed by atoms with E-state index in [1.165, 1.54) is 0 Å². The molecule has 1 aromatic carbocycles. The van der Waals surface area contributed by atoms with Gasteiger partial charge in [0.25, 0.3) is 0 Å². The molecule has 1 aromatic heterocycles. The van der Waals surface area contributed by atoms with Crippen molar-refractivity contribution < 1.29 is 9.90 Å². The Morgan fingerprint density at radius 3 is 2.74 bits per heavy atom. The van der Waals surface area contributed by atoms with Gasteiger partial charge in [-0.25, -0.2) is 0 Å². The van der Waals surface area contributed by atoms with Crippen LogP contribution >= 0.6 is 11.6 Å². The number of hydrogen-bond acceptors (Lipinski definition) is 4. The van der Waals surface area contributed by atoms with Gasteiger partial charge in [-0.1, -0.05) is 11.6 Å². The van der Waals surface area contributed by atoms with E-state index >= 15 is 0 Å². The number of halogens is 1. The number of carbonyl (C=O) groups is 1. The van der Waals surface area contributed by atoms with E-state index in [0.29, 0.717) is 11.4 Å². The number of carbonyl (C=O) groups excluding carboxylic acids is 1. The van der Waals surface area contributed by atoms with Gasteiger partial charge in [0.05, 0.1) is 17.3 Å². The second kappa shape index (κ2) is 6.76. The predicted octanol–water partition coefficient (Wildman–Crippen LogP) is 2.64. The average Bonchev–Trinajstić information content (AvgIpc) is 3.16. The highest BCUT2D eigenvalue weighted by Gasteiger charge is 2.50. The molecule has 0 radical (unpaired) electrons. The van der Waals surface area contributed by atoms with Crippen molar-refractivity contribution >= 4 is 28.4 Å². The third kappa shape index (κ3) is 2.94. The lowest BCUT2D eigenvalue weighted by atomic mass is 9.75. The first-order valence-electron chi connectivity index (χ1n) is 9.60. The Bertz CT molecular complexity index is 872. The molecular formula is C20H27ClN4O2. The van der Waals surface area contributed by atoms with Crippen LogP contribution in [0.25, 0.3) is 10.9 Å². The van der Waals surface area contributed by atoms with Gasteiger partial charge >= 0.3 is 0 Å². The highest BCUT2D eigenvalue weighted by molar-refractivity contribution is 6.31. The minimum Gasteiger partial charge on any atom is -0.386 e. The molecule has 0 aliphatic carbocycles. The molecule has 3 heterocycles. The molecule has 6 nitrogen and oxygen atoms in total. The maximum Gasteiger partial charge on any atom is 0.223 e. The zero-order valence-corrected chi connectivity index (χ0v) is 16.9. The molecule has 0 saturated carbocycles. The molecule has 27 heavy (non-hydrogen) atoms. The summed E-state index contributed by atoms with van der Waals surface area (Å²) in [6.45, 7) is 4.34. The van der Waals surface area contributed by atoms with Gasteiger partial charge in [-0.3, -0.25) is 9.48 Å². The summed E-state index contributed by atoms with van der Waals surface area (Å²) < 4.78 is 1.99. The molecule has 2 aliphatic heterocycles. The molecule has 2 unspecified atom stereocenters. The van der Waals surface area contributed by atoms with Crippen molar-refractivity contribution in [2.75, 3.05) is 33.7 Å². The Hall–Kier alpha value is -1.63. The number of benzene rings is 1. The Kier molecular flexibility index (Phi) is 4.69. The van der Waals surface area contributed by atoms with Gasteiger partial charge < -0.3 is 14.9 Å². The molecule has 1 amide bonds. The van der Waals surface area contributed by atoms with Gasteiger partial charge in [0.1, 0.15) is 6.10 Å². The third-order valence-corrected chi connectivity index (χ3v) is 6.63. The topological polar surface area (TPSA) is 61.6 Å². The highest BCUT2D eigenvalue weighted by Crippen LogP contribution is 2.51. The number of rotatable bonds is 4. The van der Waals surface area contributed by atoms with Gasteiger partial charge in [0.2, 0.25) is 5.91 Å². The van der Waals surface area contributed by atoms with Crippen LogP contribution in [0.4, 0.5) is 0 Å². The fraction of sp³-hybridized carbons (Fsp3) is 0.600. The SMILES string of the molecule is CN(C)CCC(=O)N1CCC(C2(C)C(O)c3cc(Cl)cc4cnn2c34)CC1. The second-order valence-corrected chi connectivity index (χ2v) is 8.76. The van der Waals surface area contributed by atoms with E-state index in [9.17, 15) is 9.90 Å². The molecular weight excluding hydrogens is 364 g/mol. The first-order chi connectivity index (χ1) is 12.8. The minimum absolute atomic E-state index is 0.218. The Morgan fingerprint density at radius 1 is 1.37 bits per heavy atom. The molecule has 1 N–H and O–H groups in total. The maximum atomic E-state index is 12.4. The van der Waals surface area contributed by atoms with Crippen LogP contribution in [0.2, 0.25) is 5.02 Å². The lowest BCUT2D eigenvalue weighted by molar-refractivity contribution is -0.134. The zero-order chi connectivity index (χ0) is 19.3. The molecule has 1 saturated heterocycles. The molecule has 2 atom stereocenters. The van der Waals surface area contributed by atoms with Crippen LogP contribution in [-0.2, 0) is 10.3 Å². The average molecular weight is 391 g/mol. The summed E-state index contributed by atoms with van der Waals surface area (Å²) in [7, 11) is 3.97. The maximum absolute atomic E-state index is 12.4. The van der Waals surface area contributed by atoms with E-state index in [2.05, 4.69) is 12.0 Å². The third-order valence-electron chi connectivity index (χ3n) is 6.41. The van der Waals surface area contributed by atoms with Gasteiger partial charge in [-0.15, -0.1) is 0 Å². The molecule has 4 rings (SSSR count). The molecule has 2 aliphatic rings. The van der Waals surface area contributed by atoms with Crippen LogP contribution in [0.5, 0.6) is 0 Å². The van der Waals surface area contributed by atoms with Crippen LogP contribution in [0.3, 0.4) is 0 Å². The monoisotopic (exact) mass is 390 g/mol. The number of nitrogens with zero attached hydrogens (tertiary/aromatic N) is 4. The quantitative estimate of drug-likeness (QED) is 0.871. The predicted molar refractivity (Wildman–Crippen MR) is 106 cm³/mol. The minimum atomic E-state index is -0.636. The van der Waals surface area contributed by atoms with Gasteiger partial charge in [-0.05, 0) is 51.9 Å². The Labute approximate surface area is 164 Å².